The molecule has 1 aromatic heterocycles. The van der Waals surface area contributed by atoms with Crippen LogP contribution in [0.4, 0.5) is 11.4 Å². The van der Waals surface area contributed by atoms with Crippen LogP contribution in [0, 0.1) is 6.92 Å². The third-order valence-corrected chi connectivity index (χ3v) is 6.97. The summed E-state index contributed by atoms with van der Waals surface area (Å²) in [5.74, 6) is -0.117. The number of fused-ring (bicyclic) bond motifs is 1. The number of nitrogens with zero attached hydrogens (tertiary/aromatic N) is 1. The fourth-order valence-corrected chi connectivity index (χ4v) is 5.05. The van der Waals surface area contributed by atoms with Gasteiger partial charge in [-0.1, -0.05) is 29.5 Å². The van der Waals surface area contributed by atoms with Crippen molar-refractivity contribution in [1.29, 1.82) is 0 Å². The van der Waals surface area contributed by atoms with Gasteiger partial charge >= 0.3 is 0 Å². The molecule has 0 saturated heterocycles. The van der Waals surface area contributed by atoms with Crippen LogP contribution in [0.15, 0.2) is 71.1 Å². The summed E-state index contributed by atoms with van der Waals surface area (Å²) >= 11 is 2.83. The van der Waals surface area contributed by atoms with Gasteiger partial charge in [-0.2, -0.15) is 0 Å². The third kappa shape index (κ3) is 5.85. The Morgan fingerprint density at radius 1 is 0.909 bits per heavy atom. The van der Waals surface area contributed by atoms with Gasteiger partial charge in [0.1, 0.15) is 0 Å². The van der Waals surface area contributed by atoms with Gasteiger partial charge in [0.25, 0.3) is 5.91 Å². The van der Waals surface area contributed by atoms with Crippen molar-refractivity contribution in [2.75, 3.05) is 16.4 Å². The summed E-state index contributed by atoms with van der Waals surface area (Å²) in [6, 6.07) is 19.8. The third-order valence-electron chi connectivity index (χ3n) is 4.81. The molecule has 0 unspecified atom stereocenters. The number of aromatic nitrogens is 1. The van der Waals surface area contributed by atoms with Crippen molar-refractivity contribution < 1.29 is 14.4 Å². The first-order valence-corrected chi connectivity index (χ1v) is 12.0. The Bertz CT molecular complexity index is 1350. The number of anilines is 2. The lowest BCUT2D eigenvalue weighted by Crippen LogP contribution is -2.13. The number of carbonyl (C=O) groups excluding carboxylic acids is 3. The topological polar surface area (TPSA) is 88.2 Å². The molecule has 3 aromatic carbocycles. The molecule has 0 atom stereocenters. The average Bonchev–Trinajstić information content (AvgIpc) is 3.20. The van der Waals surface area contributed by atoms with Crippen molar-refractivity contribution in [3.8, 4) is 0 Å². The van der Waals surface area contributed by atoms with Crippen LogP contribution in [0.25, 0.3) is 10.2 Å². The van der Waals surface area contributed by atoms with Crippen LogP contribution >= 0.6 is 23.1 Å². The summed E-state index contributed by atoms with van der Waals surface area (Å²) in [4.78, 5) is 40.7. The maximum Gasteiger partial charge on any atom is 0.255 e. The first-order chi connectivity index (χ1) is 15.9. The van der Waals surface area contributed by atoms with Crippen molar-refractivity contribution in [2.45, 2.75) is 18.2 Å². The highest BCUT2D eigenvalue weighted by Gasteiger charge is 2.11. The molecule has 33 heavy (non-hydrogen) atoms. The van der Waals surface area contributed by atoms with E-state index in [1.807, 2.05) is 43.3 Å². The fraction of sp³-hybridized carbons (Fsp3) is 0.120. The zero-order chi connectivity index (χ0) is 23.4. The molecule has 0 bridgehead atoms. The number of hydrogen-bond acceptors (Lipinski definition) is 6. The molecule has 4 rings (SSSR count). The van der Waals surface area contributed by atoms with E-state index in [0.717, 1.165) is 20.1 Å². The zero-order valence-corrected chi connectivity index (χ0v) is 19.7. The maximum absolute atomic E-state index is 12.5. The van der Waals surface area contributed by atoms with E-state index < -0.39 is 0 Å². The van der Waals surface area contributed by atoms with Crippen LogP contribution in [0.2, 0.25) is 0 Å². The molecular weight excluding hydrogens is 454 g/mol. The Morgan fingerprint density at radius 2 is 1.67 bits per heavy atom. The van der Waals surface area contributed by atoms with Gasteiger partial charge in [-0.3, -0.25) is 14.4 Å². The second-order valence-electron chi connectivity index (χ2n) is 7.46. The molecule has 0 aliphatic rings. The van der Waals surface area contributed by atoms with Gasteiger partial charge in [-0.25, -0.2) is 4.98 Å². The van der Waals surface area contributed by atoms with Crippen molar-refractivity contribution in [3.05, 3.63) is 83.4 Å². The minimum Gasteiger partial charge on any atom is -0.325 e. The van der Waals surface area contributed by atoms with Crippen molar-refractivity contribution >= 4 is 62.3 Å². The number of thiazole rings is 1. The number of rotatable bonds is 7. The van der Waals surface area contributed by atoms with Crippen molar-refractivity contribution in [2.24, 2.45) is 0 Å². The largest absolute Gasteiger partial charge is 0.325 e. The lowest BCUT2D eigenvalue weighted by atomic mass is 10.1. The number of nitrogens with one attached hydrogen (secondary N) is 2. The van der Waals surface area contributed by atoms with Gasteiger partial charge in [0, 0.05) is 22.5 Å². The van der Waals surface area contributed by atoms with Crippen LogP contribution in [-0.4, -0.2) is 28.3 Å². The average molecular weight is 476 g/mol. The molecule has 1 heterocycles. The van der Waals surface area contributed by atoms with Crippen molar-refractivity contribution in [3.63, 3.8) is 0 Å². The lowest BCUT2D eigenvalue weighted by molar-refractivity contribution is -0.113. The molecule has 2 amide bonds. The molecule has 8 heteroatoms. The van der Waals surface area contributed by atoms with Crippen LogP contribution in [0.3, 0.4) is 0 Å². The normalized spacial score (nSPS) is 10.7. The first kappa shape index (κ1) is 22.7. The van der Waals surface area contributed by atoms with E-state index >= 15 is 0 Å². The van der Waals surface area contributed by atoms with E-state index in [4.69, 9.17) is 0 Å². The molecule has 0 spiro atoms. The monoisotopic (exact) mass is 475 g/mol. The second kappa shape index (κ2) is 9.97. The Hall–Kier alpha value is -3.49. The molecule has 0 aliphatic heterocycles. The molecule has 4 aromatic rings. The number of ketones is 1. The fourth-order valence-electron chi connectivity index (χ4n) is 3.15. The number of aryl methyl sites for hydroxylation is 1. The van der Waals surface area contributed by atoms with Crippen LogP contribution < -0.4 is 10.6 Å². The molecule has 2 N–H and O–H groups in total. The molecule has 0 aliphatic carbocycles. The first-order valence-electron chi connectivity index (χ1n) is 10.2. The van der Waals surface area contributed by atoms with Gasteiger partial charge in [0.2, 0.25) is 5.91 Å². The van der Waals surface area contributed by atoms with E-state index in [1.165, 1.54) is 30.0 Å². The summed E-state index contributed by atoms with van der Waals surface area (Å²) in [5, 5.41) is 5.74. The SMILES string of the molecule is CC(=O)c1ccc(NC(=O)CSc2nc3ccc(NC(=O)c4cccc(C)c4)cc3s2)cc1. The predicted molar refractivity (Wildman–Crippen MR) is 135 cm³/mol. The molecule has 0 saturated carbocycles. The second-order valence-corrected chi connectivity index (χ2v) is 9.71. The van der Waals surface area contributed by atoms with Crippen LogP contribution in [-0.2, 0) is 4.79 Å². The summed E-state index contributed by atoms with van der Waals surface area (Å²) in [5.41, 5.74) is 4.39. The highest BCUT2D eigenvalue weighted by atomic mass is 32.2. The quantitative estimate of drug-likeness (QED) is 0.261. The predicted octanol–water partition coefficient (Wildman–Crippen LogP) is 5.79. The molecule has 166 valence electrons. The maximum atomic E-state index is 12.5. The number of thioether (sulfide) groups is 1. The van der Waals surface area contributed by atoms with E-state index in [0.29, 0.717) is 22.5 Å². The number of carbonyl (C=O) groups is 3. The highest BCUT2D eigenvalue weighted by Crippen LogP contribution is 2.31. The van der Waals surface area contributed by atoms with Gasteiger partial charge in [-0.15, -0.1) is 11.3 Å². The van der Waals surface area contributed by atoms with Gasteiger partial charge in [0.15, 0.2) is 10.1 Å². The molecule has 0 fully saturated rings. The Balaban J connectivity index is 1.36. The van der Waals surface area contributed by atoms with Gasteiger partial charge in [-0.05, 0) is 68.4 Å². The highest BCUT2D eigenvalue weighted by molar-refractivity contribution is 8.01. The summed E-state index contributed by atoms with van der Waals surface area (Å²) in [6.07, 6.45) is 0. The minimum absolute atomic E-state index is 0.0165. The summed E-state index contributed by atoms with van der Waals surface area (Å²) in [6.45, 7) is 3.45. The van der Waals surface area contributed by atoms with E-state index in [-0.39, 0.29) is 23.4 Å². The number of hydrogen-bond donors (Lipinski definition) is 2. The standard InChI is InChI=1S/C25H21N3O3S2/c1-15-4-3-5-18(12-15)24(31)27-20-10-11-21-22(13-20)33-25(28-21)32-14-23(30)26-19-8-6-17(7-9-19)16(2)29/h3-13H,14H2,1-2H3,(H,26,30)(H,27,31). The van der Waals surface area contributed by atoms with E-state index in [2.05, 4.69) is 15.6 Å². The minimum atomic E-state index is -0.162. The molecule has 0 radical (unpaired) electrons. The number of Topliss-reactive ketones (excluding diaryl/α,β-unsaturated/α-hetero) is 1. The van der Waals surface area contributed by atoms with Crippen LogP contribution in [0.1, 0.15) is 33.2 Å². The summed E-state index contributed by atoms with van der Waals surface area (Å²) < 4.78 is 1.70. The molecular formula is C25H21N3O3S2. The molecule has 6 nitrogen and oxygen atoms in total. The van der Waals surface area contributed by atoms with Crippen LogP contribution in [0.5, 0.6) is 0 Å². The Labute approximate surface area is 199 Å². The number of amides is 2. The van der Waals surface area contributed by atoms with E-state index in [1.54, 1.807) is 30.3 Å². The number of benzene rings is 3. The smallest absolute Gasteiger partial charge is 0.255 e. The lowest BCUT2D eigenvalue weighted by Gasteiger charge is -2.05. The Kier molecular flexibility index (Phi) is 6.86. The Morgan fingerprint density at radius 3 is 2.39 bits per heavy atom. The van der Waals surface area contributed by atoms with Crippen molar-refractivity contribution in [1.82, 2.24) is 4.98 Å². The van der Waals surface area contributed by atoms with E-state index in [9.17, 15) is 14.4 Å². The van der Waals surface area contributed by atoms with Gasteiger partial charge < -0.3 is 10.6 Å². The summed E-state index contributed by atoms with van der Waals surface area (Å²) in [7, 11) is 0. The van der Waals surface area contributed by atoms with Gasteiger partial charge in [0.05, 0.1) is 16.0 Å². The zero-order valence-electron chi connectivity index (χ0n) is 18.0.